The van der Waals surface area contributed by atoms with Crippen molar-refractivity contribution in [3.8, 4) is 0 Å². The van der Waals surface area contributed by atoms with Gasteiger partial charge >= 0.3 is 0 Å². The monoisotopic (exact) mass is 265 g/mol. The maximum absolute atomic E-state index is 4.39. The van der Waals surface area contributed by atoms with Crippen LogP contribution in [0.15, 0.2) is 6.20 Å². The Labute approximate surface area is 118 Å². The van der Waals surface area contributed by atoms with Gasteiger partial charge in [0.15, 0.2) is 0 Å². The molecule has 0 fully saturated rings. The lowest BCUT2D eigenvalue weighted by Crippen LogP contribution is -2.20. The number of aryl methyl sites for hydroxylation is 2. The fraction of sp³-hybridized carbons (Fsp3) is 0.812. The fourth-order valence-corrected chi connectivity index (χ4v) is 2.50. The first-order chi connectivity index (χ1) is 9.00. The average molecular weight is 265 g/mol. The Bertz CT molecular complexity index is 355. The predicted octanol–water partition coefficient (Wildman–Crippen LogP) is 3.99. The second-order valence-corrected chi connectivity index (χ2v) is 6.12. The standard InChI is InChI=1S/C16H31N3/c1-13(2)10-8-6-7-9-11-17-14(3)16-12-19(5)18-15(16)4/h12-14,17H,6-11H2,1-5H3. The van der Waals surface area contributed by atoms with Crippen molar-refractivity contribution in [1.29, 1.82) is 0 Å². The molecule has 3 nitrogen and oxygen atoms in total. The zero-order chi connectivity index (χ0) is 14.3. The summed E-state index contributed by atoms with van der Waals surface area (Å²) in [6.45, 7) is 10.0. The molecule has 1 atom stereocenters. The van der Waals surface area contributed by atoms with Crippen molar-refractivity contribution in [2.75, 3.05) is 6.54 Å². The lowest BCUT2D eigenvalue weighted by atomic mass is 10.0. The number of unbranched alkanes of at least 4 members (excludes halogenated alkanes) is 3. The Morgan fingerprint density at radius 1 is 1.16 bits per heavy atom. The molecule has 0 saturated heterocycles. The van der Waals surface area contributed by atoms with Crippen molar-refractivity contribution in [1.82, 2.24) is 15.1 Å². The summed E-state index contributed by atoms with van der Waals surface area (Å²) in [6.07, 6.45) is 8.88. The van der Waals surface area contributed by atoms with Crippen LogP contribution in [0.5, 0.6) is 0 Å². The van der Waals surface area contributed by atoms with Gasteiger partial charge in [0.2, 0.25) is 0 Å². The van der Waals surface area contributed by atoms with Crippen LogP contribution in [0, 0.1) is 12.8 Å². The first kappa shape index (κ1) is 16.2. The second-order valence-electron chi connectivity index (χ2n) is 6.12. The molecule has 0 aliphatic heterocycles. The summed E-state index contributed by atoms with van der Waals surface area (Å²) in [7, 11) is 1.98. The lowest BCUT2D eigenvalue weighted by Gasteiger charge is -2.13. The molecule has 0 spiro atoms. The van der Waals surface area contributed by atoms with E-state index in [2.05, 4.69) is 44.3 Å². The smallest absolute Gasteiger partial charge is 0.0641 e. The molecule has 19 heavy (non-hydrogen) atoms. The lowest BCUT2D eigenvalue weighted by molar-refractivity contribution is 0.498. The molecule has 0 saturated carbocycles. The molecule has 1 aromatic rings. The number of hydrogen-bond donors (Lipinski definition) is 1. The van der Waals surface area contributed by atoms with Crippen LogP contribution in [-0.4, -0.2) is 16.3 Å². The van der Waals surface area contributed by atoms with Gasteiger partial charge in [0, 0.05) is 24.8 Å². The Hall–Kier alpha value is -0.830. The van der Waals surface area contributed by atoms with Crippen LogP contribution in [0.3, 0.4) is 0 Å². The number of nitrogens with one attached hydrogen (secondary N) is 1. The van der Waals surface area contributed by atoms with Crippen molar-refractivity contribution in [3.05, 3.63) is 17.5 Å². The third kappa shape index (κ3) is 6.24. The van der Waals surface area contributed by atoms with Crippen LogP contribution in [0.1, 0.15) is 70.2 Å². The van der Waals surface area contributed by atoms with E-state index in [9.17, 15) is 0 Å². The van der Waals surface area contributed by atoms with E-state index >= 15 is 0 Å². The molecule has 0 bridgehead atoms. The van der Waals surface area contributed by atoms with E-state index in [0.717, 1.165) is 18.2 Å². The summed E-state index contributed by atoms with van der Waals surface area (Å²) in [5.41, 5.74) is 2.46. The molecule has 0 radical (unpaired) electrons. The Balaban J connectivity index is 2.11. The van der Waals surface area contributed by atoms with Gasteiger partial charge in [0.25, 0.3) is 0 Å². The SMILES string of the molecule is Cc1nn(C)cc1C(C)NCCCCCCC(C)C. The van der Waals surface area contributed by atoms with Gasteiger partial charge in [0.05, 0.1) is 5.69 Å². The summed E-state index contributed by atoms with van der Waals surface area (Å²) in [4.78, 5) is 0. The van der Waals surface area contributed by atoms with Gasteiger partial charge in [-0.2, -0.15) is 5.10 Å². The molecule has 0 aliphatic carbocycles. The minimum atomic E-state index is 0.407. The minimum absolute atomic E-state index is 0.407. The average Bonchev–Trinajstić information content (AvgIpc) is 2.66. The molecule has 0 amide bonds. The molecular weight excluding hydrogens is 234 g/mol. The van der Waals surface area contributed by atoms with E-state index in [1.54, 1.807) is 0 Å². The number of nitrogens with zero attached hydrogens (tertiary/aromatic N) is 2. The van der Waals surface area contributed by atoms with Crippen LogP contribution in [0.4, 0.5) is 0 Å². The Morgan fingerprint density at radius 3 is 2.42 bits per heavy atom. The van der Waals surface area contributed by atoms with Gasteiger partial charge in [-0.15, -0.1) is 0 Å². The maximum Gasteiger partial charge on any atom is 0.0641 e. The normalized spacial score (nSPS) is 13.2. The molecule has 1 rings (SSSR count). The van der Waals surface area contributed by atoms with Crippen molar-refractivity contribution < 1.29 is 0 Å². The first-order valence-electron chi connectivity index (χ1n) is 7.74. The van der Waals surface area contributed by atoms with Gasteiger partial charge in [-0.25, -0.2) is 0 Å². The highest BCUT2D eigenvalue weighted by Gasteiger charge is 2.10. The largest absolute Gasteiger partial charge is 0.310 e. The highest BCUT2D eigenvalue weighted by atomic mass is 15.3. The fourth-order valence-electron chi connectivity index (χ4n) is 2.50. The molecule has 0 aromatic carbocycles. The summed E-state index contributed by atoms with van der Waals surface area (Å²) < 4.78 is 1.90. The van der Waals surface area contributed by atoms with E-state index < -0.39 is 0 Å². The Morgan fingerprint density at radius 2 is 1.84 bits per heavy atom. The highest BCUT2D eigenvalue weighted by molar-refractivity contribution is 5.19. The molecule has 1 heterocycles. The second kappa shape index (κ2) is 8.36. The van der Waals surface area contributed by atoms with Crippen molar-refractivity contribution in [3.63, 3.8) is 0 Å². The van der Waals surface area contributed by atoms with E-state index in [1.807, 2.05) is 11.7 Å². The molecule has 110 valence electrons. The van der Waals surface area contributed by atoms with E-state index in [-0.39, 0.29) is 0 Å². The van der Waals surface area contributed by atoms with Gasteiger partial charge in [-0.1, -0.05) is 39.5 Å². The van der Waals surface area contributed by atoms with E-state index in [1.165, 1.54) is 37.7 Å². The summed E-state index contributed by atoms with van der Waals surface area (Å²) in [6, 6.07) is 0.407. The van der Waals surface area contributed by atoms with Crippen LogP contribution < -0.4 is 5.32 Å². The van der Waals surface area contributed by atoms with Gasteiger partial charge in [0.1, 0.15) is 0 Å². The van der Waals surface area contributed by atoms with Crippen molar-refractivity contribution in [2.24, 2.45) is 13.0 Å². The Kier molecular flexibility index (Phi) is 7.14. The van der Waals surface area contributed by atoms with Crippen molar-refractivity contribution in [2.45, 2.75) is 65.8 Å². The van der Waals surface area contributed by atoms with Crippen LogP contribution >= 0.6 is 0 Å². The maximum atomic E-state index is 4.39. The third-order valence-corrected chi connectivity index (χ3v) is 3.68. The van der Waals surface area contributed by atoms with Gasteiger partial charge in [-0.3, -0.25) is 4.68 Å². The highest BCUT2D eigenvalue weighted by Crippen LogP contribution is 2.15. The van der Waals surface area contributed by atoms with Crippen LogP contribution in [-0.2, 0) is 7.05 Å². The van der Waals surface area contributed by atoms with E-state index in [0.29, 0.717) is 6.04 Å². The van der Waals surface area contributed by atoms with Crippen molar-refractivity contribution >= 4 is 0 Å². The van der Waals surface area contributed by atoms with Crippen LogP contribution in [0.2, 0.25) is 0 Å². The van der Waals surface area contributed by atoms with E-state index in [4.69, 9.17) is 0 Å². The summed E-state index contributed by atoms with van der Waals surface area (Å²) >= 11 is 0. The zero-order valence-corrected chi connectivity index (χ0v) is 13.4. The molecule has 1 N–H and O–H groups in total. The number of aromatic nitrogens is 2. The molecule has 1 unspecified atom stereocenters. The number of rotatable bonds is 9. The molecule has 0 aliphatic rings. The predicted molar refractivity (Wildman–Crippen MR) is 82.3 cm³/mol. The number of hydrogen-bond acceptors (Lipinski definition) is 2. The van der Waals surface area contributed by atoms with Gasteiger partial charge in [-0.05, 0) is 32.7 Å². The molecule has 1 aromatic heterocycles. The summed E-state index contributed by atoms with van der Waals surface area (Å²) in [5.74, 6) is 0.853. The summed E-state index contributed by atoms with van der Waals surface area (Å²) in [5, 5.41) is 7.99. The molecule has 3 heteroatoms. The minimum Gasteiger partial charge on any atom is -0.310 e. The zero-order valence-electron chi connectivity index (χ0n) is 13.4. The first-order valence-corrected chi connectivity index (χ1v) is 7.74. The van der Waals surface area contributed by atoms with Gasteiger partial charge < -0.3 is 5.32 Å². The quantitative estimate of drug-likeness (QED) is 0.684. The topological polar surface area (TPSA) is 29.9 Å². The van der Waals surface area contributed by atoms with Crippen LogP contribution in [0.25, 0.3) is 0 Å². The molecular formula is C16H31N3. The third-order valence-electron chi connectivity index (χ3n) is 3.68.